The molecule has 2 N–H and O–H groups in total. The minimum absolute atomic E-state index is 0.228. The van der Waals surface area contributed by atoms with Crippen molar-refractivity contribution in [2.45, 2.75) is 0 Å². The van der Waals surface area contributed by atoms with E-state index in [-0.39, 0.29) is 11.2 Å². The zero-order valence-corrected chi connectivity index (χ0v) is 6.19. The summed E-state index contributed by atoms with van der Waals surface area (Å²) in [6, 6.07) is 0. The summed E-state index contributed by atoms with van der Waals surface area (Å²) in [5.41, 5.74) is 2.06. The van der Waals surface area contributed by atoms with E-state index >= 15 is 0 Å². The fourth-order valence-corrected chi connectivity index (χ4v) is 1.15. The molecule has 0 amide bonds. The third kappa shape index (κ3) is 2.85. The standard InChI is InChI=1S/C4H6ClO3P/c1-2-4(3-5)9(6,7)8/h1,3H2,(H2,6,7,8). The molecule has 0 atom stereocenters. The average Bonchev–Trinajstić information content (AvgIpc) is 1.65. The summed E-state index contributed by atoms with van der Waals surface area (Å²) in [4.78, 5) is 16.7. The van der Waals surface area contributed by atoms with Crippen LogP contribution in [0, 0.1) is 0 Å². The van der Waals surface area contributed by atoms with Gasteiger partial charge in [0, 0.05) is 0 Å². The van der Waals surface area contributed by atoms with E-state index < -0.39 is 7.60 Å². The lowest BCUT2D eigenvalue weighted by Crippen LogP contribution is -1.84. The molecule has 9 heavy (non-hydrogen) atoms. The van der Waals surface area contributed by atoms with Crippen molar-refractivity contribution in [3.63, 3.8) is 0 Å². The molecule has 0 rings (SSSR count). The first-order valence-corrected chi connectivity index (χ1v) is 4.18. The van der Waals surface area contributed by atoms with Crippen molar-refractivity contribution in [3.05, 3.63) is 17.6 Å². The maximum absolute atomic E-state index is 10.3. The molecule has 0 saturated carbocycles. The largest absolute Gasteiger partial charge is 0.361 e. The van der Waals surface area contributed by atoms with Crippen LogP contribution in [0.15, 0.2) is 17.6 Å². The molecule has 0 aliphatic heterocycles. The van der Waals surface area contributed by atoms with Crippen molar-refractivity contribution in [2.75, 3.05) is 5.88 Å². The highest BCUT2D eigenvalue weighted by Gasteiger charge is 2.18. The first kappa shape index (κ1) is 8.96. The number of alkyl halides is 1. The summed E-state index contributed by atoms with van der Waals surface area (Å²) < 4.78 is 10.3. The first-order valence-electron chi connectivity index (χ1n) is 2.03. The van der Waals surface area contributed by atoms with Gasteiger partial charge in [-0.2, -0.15) is 0 Å². The minimum atomic E-state index is -4.16. The lowest BCUT2D eigenvalue weighted by Gasteiger charge is -2.00. The predicted molar refractivity (Wildman–Crippen MR) is 35.4 cm³/mol. The molecular weight excluding hydrogens is 162 g/mol. The molecule has 52 valence electrons. The van der Waals surface area contributed by atoms with Crippen LogP contribution in [0.2, 0.25) is 0 Å². The van der Waals surface area contributed by atoms with Gasteiger partial charge in [0.05, 0.1) is 11.2 Å². The predicted octanol–water partition coefficient (Wildman–Crippen LogP) is 1.07. The summed E-state index contributed by atoms with van der Waals surface area (Å²) in [5.74, 6) is -0.228. The van der Waals surface area contributed by atoms with E-state index in [4.69, 9.17) is 21.4 Å². The Balaban J connectivity index is 4.55. The van der Waals surface area contributed by atoms with Crippen LogP contribution in [0.5, 0.6) is 0 Å². The zero-order chi connectivity index (χ0) is 7.49. The number of halogens is 1. The Morgan fingerprint density at radius 3 is 2.22 bits per heavy atom. The fraction of sp³-hybridized carbons (Fsp3) is 0.250. The zero-order valence-electron chi connectivity index (χ0n) is 4.54. The van der Waals surface area contributed by atoms with Gasteiger partial charge in [-0.25, -0.2) is 0 Å². The van der Waals surface area contributed by atoms with Gasteiger partial charge in [-0.15, -0.1) is 17.3 Å². The van der Waals surface area contributed by atoms with Crippen LogP contribution in [0.4, 0.5) is 0 Å². The van der Waals surface area contributed by atoms with Crippen molar-refractivity contribution in [1.82, 2.24) is 0 Å². The van der Waals surface area contributed by atoms with Crippen LogP contribution in [0.3, 0.4) is 0 Å². The van der Waals surface area contributed by atoms with Gasteiger partial charge in [-0.05, 0) is 0 Å². The summed E-state index contributed by atoms with van der Waals surface area (Å²) >= 11 is 5.12. The topological polar surface area (TPSA) is 57.5 Å². The highest BCUT2D eigenvalue weighted by molar-refractivity contribution is 7.56. The quantitative estimate of drug-likeness (QED) is 0.368. The van der Waals surface area contributed by atoms with Crippen LogP contribution >= 0.6 is 19.2 Å². The fourth-order valence-electron chi connectivity index (χ4n) is 0.228. The molecule has 0 bridgehead atoms. The van der Waals surface area contributed by atoms with Gasteiger partial charge < -0.3 is 9.79 Å². The maximum Gasteiger partial charge on any atom is 0.361 e. The average molecular weight is 169 g/mol. The van der Waals surface area contributed by atoms with Gasteiger partial charge in [0.15, 0.2) is 0 Å². The van der Waals surface area contributed by atoms with Crippen LogP contribution in [0.1, 0.15) is 0 Å². The Kier molecular flexibility index (Phi) is 3.20. The van der Waals surface area contributed by atoms with Crippen molar-refractivity contribution < 1.29 is 14.4 Å². The molecule has 0 saturated heterocycles. The number of allylic oxidation sites excluding steroid dienone is 1. The van der Waals surface area contributed by atoms with Gasteiger partial charge in [-0.1, -0.05) is 6.58 Å². The molecular formula is C4H6ClO3P. The molecule has 0 aromatic carbocycles. The molecule has 3 nitrogen and oxygen atoms in total. The lowest BCUT2D eigenvalue weighted by atomic mass is 10.7. The Hall–Kier alpha value is -0.0400. The van der Waals surface area contributed by atoms with Gasteiger partial charge in [0.25, 0.3) is 0 Å². The van der Waals surface area contributed by atoms with Gasteiger partial charge >= 0.3 is 7.60 Å². The van der Waals surface area contributed by atoms with Crippen LogP contribution in [-0.4, -0.2) is 15.7 Å². The van der Waals surface area contributed by atoms with E-state index in [9.17, 15) is 4.57 Å². The minimum Gasteiger partial charge on any atom is -0.321 e. The molecule has 0 radical (unpaired) electrons. The summed E-state index contributed by atoms with van der Waals surface area (Å²) in [7, 11) is -4.16. The Morgan fingerprint density at radius 1 is 1.78 bits per heavy atom. The SMILES string of the molecule is C=C=C(CCl)P(=O)(O)O. The second-order valence-corrected chi connectivity index (χ2v) is 3.20. The Morgan fingerprint density at radius 2 is 2.22 bits per heavy atom. The maximum atomic E-state index is 10.3. The van der Waals surface area contributed by atoms with E-state index in [0.29, 0.717) is 0 Å². The molecule has 0 aromatic heterocycles. The van der Waals surface area contributed by atoms with E-state index in [0.717, 1.165) is 0 Å². The van der Waals surface area contributed by atoms with Gasteiger partial charge in [0.1, 0.15) is 0 Å². The van der Waals surface area contributed by atoms with Crippen molar-refractivity contribution in [2.24, 2.45) is 0 Å². The van der Waals surface area contributed by atoms with E-state index in [1.54, 1.807) is 0 Å². The summed E-state index contributed by atoms with van der Waals surface area (Å²) in [6.45, 7) is 3.06. The summed E-state index contributed by atoms with van der Waals surface area (Å²) in [6.07, 6.45) is 0. The number of hydrogen-bond donors (Lipinski definition) is 2. The molecule has 0 spiro atoms. The number of hydrogen-bond acceptors (Lipinski definition) is 1. The highest BCUT2D eigenvalue weighted by Crippen LogP contribution is 2.44. The Bertz CT molecular complexity index is 188. The van der Waals surface area contributed by atoms with Crippen LogP contribution < -0.4 is 0 Å². The molecule has 5 heteroatoms. The molecule has 0 aliphatic carbocycles. The second-order valence-electron chi connectivity index (χ2n) is 1.30. The molecule has 0 fully saturated rings. The Labute approximate surface area is 57.8 Å². The molecule has 0 aromatic rings. The van der Waals surface area contributed by atoms with Crippen molar-refractivity contribution in [1.29, 1.82) is 0 Å². The molecule has 0 aliphatic rings. The smallest absolute Gasteiger partial charge is 0.321 e. The van der Waals surface area contributed by atoms with Gasteiger partial charge in [-0.3, -0.25) is 4.57 Å². The highest BCUT2D eigenvalue weighted by atomic mass is 35.5. The molecule has 0 unspecified atom stereocenters. The van der Waals surface area contributed by atoms with Crippen LogP contribution in [-0.2, 0) is 4.57 Å². The van der Waals surface area contributed by atoms with Crippen molar-refractivity contribution in [3.8, 4) is 0 Å². The van der Waals surface area contributed by atoms with E-state index in [2.05, 4.69) is 12.3 Å². The second kappa shape index (κ2) is 3.21. The third-order valence-electron chi connectivity index (χ3n) is 0.682. The normalized spacial score (nSPS) is 10.6. The van der Waals surface area contributed by atoms with E-state index in [1.165, 1.54) is 0 Å². The third-order valence-corrected chi connectivity index (χ3v) is 2.16. The number of rotatable bonds is 2. The van der Waals surface area contributed by atoms with E-state index in [1.807, 2.05) is 0 Å². The summed E-state index contributed by atoms with van der Waals surface area (Å²) in [5, 5.41) is -0.260. The monoisotopic (exact) mass is 168 g/mol. The van der Waals surface area contributed by atoms with Crippen molar-refractivity contribution >= 4 is 19.2 Å². The lowest BCUT2D eigenvalue weighted by molar-refractivity contribution is 0.382. The van der Waals surface area contributed by atoms with Gasteiger partial charge in [0.2, 0.25) is 0 Å². The first-order chi connectivity index (χ1) is 4.02. The van der Waals surface area contributed by atoms with Crippen LogP contribution in [0.25, 0.3) is 0 Å². The molecule has 0 heterocycles.